The topological polar surface area (TPSA) is 95.2 Å². The maximum Gasteiger partial charge on any atom is 0.335 e. The van der Waals surface area contributed by atoms with Crippen molar-refractivity contribution < 1.29 is 18.3 Å². The second kappa shape index (κ2) is 9.14. The van der Waals surface area contributed by atoms with E-state index in [0.717, 1.165) is 0 Å². The van der Waals surface area contributed by atoms with E-state index in [1.165, 1.54) is 24.3 Å². The van der Waals surface area contributed by atoms with Crippen molar-refractivity contribution in [3.8, 4) is 6.07 Å². The third-order valence-electron chi connectivity index (χ3n) is 5.53. The fraction of sp³-hybridized carbons (Fsp3) is 0.0370. The lowest BCUT2D eigenvalue weighted by atomic mass is 9.93. The van der Waals surface area contributed by atoms with Gasteiger partial charge in [0.1, 0.15) is 6.07 Å². The van der Waals surface area contributed by atoms with Crippen molar-refractivity contribution in [2.45, 2.75) is 6.92 Å². The number of halogens is 1. The molecule has 34 heavy (non-hydrogen) atoms. The van der Waals surface area contributed by atoms with E-state index in [-0.39, 0.29) is 31.5 Å². The monoisotopic (exact) mass is 487 g/mol. The van der Waals surface area contributed by atoms with Gasteiger partial charge in [0.2, 0.25) is 9.84 Å². The molecule has 0 amide bonds. The van der Waals surface area contributed by atoms with Crippen molar-refractivity contribution >= 4 is 42.8 Å². The van der Waals surface area contributed by atoms with Gasteiger partial charge in [0.15, 0.2) is 0 Å². The Morgan fingerprint density at radius 3 is 1.88 bits per heavy atom. The maximum absolute atomic E-state index is 13.9. The number of carbonyl (C=O) groups is 1. The highest BCUT2D eigenvalue weighted by atomic mass is 35.5. The molecule has 0 radical (unpaired) electrons. The lowest BCUT2D eigenvalue weighted by Gasteiger charge is -2.26. The summed E-state index contributed by atoms with van der Waals surface area (Å²) in [5.41, 5.74) is 2.24. The number of carboxylic acid groups (broad SMARTS) is 1. The van der Waals surface area contributed by atoms with Crippen LogP contribution >= 0.6 is 11.6 Å². The fourth-order valence-electron chi connectivity index (χ4n) is 3.99. The summed E-state index contributed by atoms with van der Waals surface area (Å²) < 4.78 is 27.8. The zero-order valence-corrected chi connectivity index (χ0v) is 19.6. The minimum atomic E-state index is -4.12. The van der Waals surface area contributed by atoms with Gasteiger partial charge in [-0.25, -0.2) is 13.2 Å². The fourth-order valence-corrected chi connectivity index (χ4v) is 6.58. The summed E-state index contributed by atoms with van der Waals surface area (Å²) in [4.78, 5) is 11.2. The van der Waals surface area contributed by atoms with Crippen LogP contribution in [0.5, 0.6) is 0 Å². The second-order valence-electron chi connectivity index (χ2n) is 7.58. The molecule has 1 aliphatic heterocycles. The highest BCUT2D eigenvalue weighted by molar-refractivity contribution is 8.09. The summed E-state index contributed by atoms with van der Waals surface area (Å²) in [5, 5.41) is 19.2. The average Bonchev–Trinajstić information content (AvgIpc) is 2.83. The van der Waals surface area contributed by atoms with Crippen molar-refractivity contribution in [3.63, 3.8) is 0 Å². The number of carboxylic acids is 1. The Morgan fingerprint density at radius 1 is 0.824 bits per heavy atom. The summed E-state index contributed by atoms with van der Waals surface area (Å²) in [6.07, 6.45) is 0. The van der Waals surface area contributed by atoms with Gasteiger partial charge < -0.3 is 5.11 Å². The first kappa shape index (κ1) is 23.2. The van der Waals surface area contributed by atoms with Gasteiger partial charge in [0.25, 0.3) is 0 Å². The van der Waals surface area contributed by atoms with E-state index in [9.17, 15) is 23.6 Å². The van der Waals surface area contributed by atoms with Gasteiger partial charge in [-0.1, -0.05) is 84.4 Å². The molecule has 7 heteroatoms. The molecule has 4 rings (SSSR count). The average molecular weight is 488 g/mol. The minimum absolute atomic E-state index is 0.0152. The van der Waals surface area contributed by atoms with Crippen LogP contribution < -0.4 is 0 Å². The Labute approximate surface area is 202 Å². The summed E-state index contributed by atoms with van der Waals surface area (Å²) >= 11 is 6.78. The van der Waals surface area contributed by atoms with Crippen molar-refractivity contribution in [2.24, 2.45) is 0 Å². The molecule has 0 bridgehead atoms. The van der Waals surface area contributed by atoms with Gasteiger partial charge in [-0.15, -0.1) is 0 Å². The van der Waals surface area contributed by atoms with Crippen LogP contribution in [0, 0.1) is 11.3 Å². The molecule has 0 spiro atoms. The van der Waals surface area contributed by atoms with Crippen LogP contribution in [-0.4, -0.2) is 19.5 Å². The van der Waals surface area contributed by atoms with Gasteiger partial charge in [-0.05, 0) is 41.3 Å². The largest absolute Gasteiger partial charge is 0.478 e. The number of nitriles is 1. The van der Waals surface area contributed by atoms with E-state index >= 15 is 0 Å². The first-order chi connectivity index (χ1) is 16.3. The van der Waals surface area contributed by atoms with E-state index in [4.69, 9.17) is 11.6 Å². The van der Waals surface area contributed by atoms with E-state index in [0.29, 0.717) is 22.3 Å². The van der Waals surface area contributed by atoms with Gasteiger partial charge in [0, 0.05) is 5.57 Å². The number of hydrogen-bond acceptors (Lipinski definition) is 4. The number of aromatic carboxylic acids is 1. The SMILES string of the molecule is CC1=C(c2ccccc2)S(=O)(=O)C(c2ccc(C(=O)O)cc2)=C(Cl)C1=C(C#N)c1ccccc1. The molecule has 168 valence electrons. The van der Waals surface area contributed by atoms with Gasteiger partial charge in [0.05, 0.1) is 26.0 Å². The zero-order valence-electron chi connectivity index (χ0n) is 18.0. The predicted molar refractivity (Wildman–Crippen MR) is 133 cm³/mol. The molecule has 1 N–H and O–H groups in total. The van der Waals surface area contributed by atoms with Crippen molar-refractivity contribution in [1.82, 2.24) is 0 Å². The zero-order chi connectivity index (χ0) is 24.5. The molecule has 3 aromatic carbocycles. The number of allylic oxidation sites excluding steroid dienone is 4. The summed E-state index contributed by atoms with van der Waals surface area (Å²) in [5.74, 6) is -1.13. The molecule has 0 saturated heterocycles. The number of benzene rings is 3. The molecular formula is C27H18ClNO4S. The minimum Gasteiger partial charge on any atom is -0.478 e. The molecule has 0 atom stereocenters. The molecule has 5 nitrogen and oxygen atoms in total. The smallest absolute Gasteiger partial charge is 0.335 e. The third-order valence-corrected chi connectivity index (χ3v) is 8.07. The molecular weight excluding hydrogens is 470 g/mol. The van der Waals surface area contributed by atoms with E-state index in [1.807, 2.05) is 6.07 Å². The molecule has 0 aliphatic carbocycles. The predicted octanol–water partition coefficient (Wildman–Crippen LogP) is 6.13. The summed E-state index contributed by atoms with van der Waals surface area (Å²) in [6, 6.07) is 25.2. The molecule has 1 aliphatic rings. The van der Waals surface area contributed by atoms with Crippen molar-refractivity contribution in [3.05, 3.63) is 123 Å². The van der Waals surface area contributed by atoms with Crippen LogP contribution in [0.2, 0.25) is 0 Å². The van der Waals surface area contributed by atoms with Crippen LogP contribution in [0.1, 0.15) is 34.0 Å². The Kier molecular flexibility index (Phi) is 6.25. The first-order valence-electron chi connectivity index (χ1n) is 10.2. The molecule has 1 heterocycles. The maximum atomic E-state index is 13.9. The number of nitrogens with zero attached hydrogens (tertiary/aromatic N) is 1. The molecule has 0 unspecified atom stereocenters. The Morgan fingerprint density at radius 2 is 1.35 bits per heavy atom. The highest BCUT2D eigenvalue weighted by Gasteiger charge is 2.38. The first-order valence-corrected chi connectivity index (χ1v) is 12.1. The van der Waals surface area contributed by atoms with Crippen LogP contribution in [-0.2, 0) is 9.84 Å². The van der Waals surface area contributed by atoms with E-state index in [1.54, 1.807) is 61.5 Å². The van der Waals surface area contributed by atoms with Gasteiger partial charge in [-0.2, -0.15) is 5.26 Å². The summed E-state index contributed by atoms with van der Waals surface area (Å²) in [6.45, 7) is 1.64. The molecule has 0 saturated carbocycles. The number of sulfone groups is 1. The standard InChI is InChI=1S/C27H18ClNO4S/c1-17-23(22(16-29)18-8-4-2-5-9-18)24(28)26(20-12-14-21(15-13-20)27(30)31)34(32,33)25(17)19-10-6-3-7-11-19/h2-15H,1H3,(H,30,31). The Balaban J connectivity index is 2.11. The third kappa shape index (κ3) is 3.96. The molecule has 0 fully saturated rings. The van der Waals surface area contributed by atoms with Crippen molar-refractivity contribution in [2.75, 3.05) is 0 Å². The van der Waals surface area contributed by atoms with Gasteiger partial charge >= 0.3 is 5.97 Å². The summed E-state index contributed by atoms with van der Waals surface area (Å²) in [7, 11) is -4.12. The Hall–Kier alpha value is -3.92. The second-order valence-corrected chi connectivity index (χ2v) is 9.78. The lowest BCUT2D eigenvalue weighted by molar-refractivity contribution is 0.0697. The number of rotatable bonds is 4. The van der Waals surface area contributed by atoms with Crippen LogP contribution in [0.25, 0.3) is 15.4 Å². The highest BCUT2D eigenvalue weighted by Crippen LogP contribution is 2.49. The van der Waals surface area contributed by atoms with Crippen LogP contribution in [0.3, 0.4) is 0 Å². The van der Waals surface area contributed by atoms with E-state index in [2.05, 4.69) is 6.07 Å². The normalized spacial score (nSPS) is 16.7. The molecule has 3 aromatic rings. The van der Waals surface area contributed by atoms with Gasteiger partial charge in [-0.3, -0.25) is 0 Å². The Bertz CT molecular complexity index is 1530. The van der Waals surface area contributed by atoms with E-state index < -0.39 is 15.8 Å². The van der Waals surface area contributed by atoms with Crippen LogP contribution in [0.15, 0.2) is 101 Å². The quantitative estimate of drug-likeness (QED) is 0.446. The lowest BCUT2D eigenvalue weighted by Crippen LogP contribution is -2.16. The number of hydrogen-bond donors (Lipinski definition) is 1. The van der Waals surface area contributed by atoms with Crippen LogP contribution in [0.4, 0.5) is 0 Å². The molecule has 0 aromatic heterocycles. The van der Waals surface area contributed by atoms with Crippen molar-refractivity contribution in [1.29, 1.82) is 5.26 Å².